The molecule has 0 aromatic heterocycles. The van der Waals surface area contributed by atoms with Gasteiger partial charge in [0.25, 0.3) is 0 Å². The van der Waals surface area contributed by atoms with Gasteiger partial charge in [-0.05, 0) is 12.1 Å². The quantitative estimate of drug-likeness (QED) is 0.447. The van der Waals surface area contributed by atoms with Gasteiger partial charge < -0.3 is 24.9 Å². The van der Waals surface area contributed by atoms with Crippen LogP contribution in [0.1, 0.15) is 0 Å². The number of hydrogen-bond donors (Lipinski definition) is 4. The molecule has 0 aliphatic rings. The number of aromatic hydroxyl groups is 2. The molecule has 0 aliphatic heterocycles. The van der Waals surface area contributed by atoms with E-state index >= 15 is 0 Å². The third kappa shape index (κ3) is 2.04. The van der Waals surface area contributed by atoms with Crippen molar-refractivity contribution < 1.29 is 24.9 Å². The zero-order chi connectivity index (χ0) is 9.14. The predicted molar refractivity (Wildman–Crippen MR) is 40.6 cm³/mol. The molecule has 5 nitrogen and oxygen atoms in total. The third-order valence-electron chi connectivity index (χ3n) is 1.17. The maximum Gasteiger partial charge on any atom is 0.707 e. The molecule has 1 rings (SSSR count). The Morgan fingerprint density at radius 1 is 1.17 bits per heavy atom. The normalized spacial score (nSPS) is 9.50. The Morgan fingerprint density at radius 3 is 2.33 bits per heavy atom. The van der Waals surface area contributed by atoms with Gasteiger partial charge in [0, 0.05) is 6.07 Å². The van der Waals surface area contributed by atoms with Crippen LogP contribution in [0.3, 0.4) is 0 Å². The fourth-order valence-corrected chi connectivity index (χ4v) is 0.719. The Morgan fingerprint density at radius 2 is 1.83 bits per heavy atom. The standard InChI is InChI=1S/C6H7BO5/c8-4-1-2-6(5(9)3-4)12-7(10)11/h1-3,8-11H. The second-order valence-corrected chi connectivity index (χ2v) is 2.10. The molecule has 0 atom stereocenters. The highest BCUT2D eigenvalue weighted by Gasteiger charge is 2.13. The van der Waals surface area contributed by atoms with Crippen LogP contribution >= 0.6 is 0 Å². The van der Waals surface area contributed by atoms with E-state index in [4.69, 9.17) is 20.3 Å². The molecule has 0 unspecified atom stereocenters. The summed E-state index contributed by atoms with van der Waals surface area (Å²) in [5, 5.41) is 34.6. The molecule has 0 spiro atoms. The number of benzene rings is 1. The van der Waals surface area contributed by atoms with E-state index in [-0.39, 0.29) is 17.2 Å². The van der Waals surface area contributed by atoms with Crippen molar-refractivity contribution >= 4 is 7.32 Å². The first kappa shape index (κ1) is 8.70. The Balaban J connectivity index is 2.86. The summed E-state index contributed by atoms with van der Waals surface area (Å²) < 4.78 is 4.35. The van der Waals surface area contributed by atoms with Crippen molar-refractivity contribution in [2.45, 2.75) is 0 Å². The van der Waals surface area contributed by atoms with E-state index in [2.05, 4.69) is 4.65 Å². The van der Waals surface area contributed by atoms with Crippen molar-refractivity contribution in [1.29, 1.82) is 0 Å². The Labute approximate surface area is 68.6 Å². The van der Waals surface area contributed by atoms with Gasteiger partial charge >= 0.3 is 7.32 Å². The van der Waals surface area contributed by atoms with E-state index in [1.165, 1.54) is 12.1 Å². The van der Waals surface area contributed by atoms with Crippen LogP contribution < -0.4 is 4.65 Å². The number of hydrogen-bond acceptors (Lipinski definition) is 5. The SMILES string of the molecule is OB(O)Oc1ccc(O)cc1O. The van der Waals surface area contributed by atoms with Crippen LogP contribution in [-0.2, 0) is 0 Å². The summed E-state index contributed by atoms with van der Waals surface area (Å²) in [5.74, 6) is -0.599. The van der Waals surface area contributed by atoms with Gasteiger partial charge in [-0.25, -0.2) is 0 Å². The van der Waals surface area contributed by atoms with Crippen LogP contribution in [0, 0.1) is 0 Å². The van der Waals surface area contributed by atoms with Crippen molar-refractivity contribution in [3.63, 3.8) is 0 Å². The van der Waals surface area contributed by atoms with E-state index in [1.807, 2.05) is 0 Å². The summed E-state index contributed by atoms with van der Waals surface area (Å²) in [7, 11) is -1.99. The van der Waals surface area contributed by atoms with Crippen molar-refractivity contribution in [1.82, 2.24) is 0 Å². The van der Waals surface area contributed by atoms with Gasteiger partial charge in [0.2, 0.25) is 0 Å². The van der Waals surface area contributed by atoms with Crippen LogP contribution in [0.15, 0.2) is 18.2 Å². The zero-order valence-electron chi connectivity index (χ0n) is 6.01. The second kappa shape index (κ2) is 3.33. The van der Waals surface area contributed by atoms with E-state index in [9.17, 15) is 0 Å². The molecule has 0 amide bonds. The molecule has 0 bridgehead atoms. The van der Waals surface area contributed by atoms with E-state index in [0.29, 0.717) is 0 Å². The minimum Gasteiger partial charge on any atom is -0.509 e. The summed E-state index contributed by atoms with van der Waals surface area (Å²) in [5.41, 5.74) is 0. The van der Waals surface area contributed by atoms with Gasteiger partial charge in [-0.15, -0.1) is 0 Å². The summed E-state index contributed by atoms with van der Waals surface area (Å²) >= 11 is 0. The molecule has 0 saturated heterocycles. The lowest BCUT2D eigenvalue weighted by atomic mass is 10.2. The molecule has 0 heterocycles. The van der Waals surface area contributed by atoms with Gasteiger partial charge in [-0.1, -0.05) is 0 Å². The van der Waals surface area contributed by atoms with Crippen molar-refractivity contribution in [2.24, 2.45) is 0 Å². The molecular weight excluding hydrogens is 163 g/mol. The van der Waals surface area contributed by atoms with Crippen molar-refractivity contribution in [3.8, 4) is 17.2 Å². The van der Waals surface area contributed by atoms with Crippen LogP contribution in [0.4, 0.5) is 0 Å². The lowest BCUT2D eigenvalue weighted by Crippen LogP contribution is -2.20. The van der Waals surface area contributed by atoms with Gasteiger partial charge in [0.1, 0.15) is 11.5 Å². The third-order valence-corrected chi connectivity index (χ3v) is 1.17. The fraction of sp³-hybridized carbons (Fsp3) is 0. The second-order valence-electron chi connectivity index (χ2n) is 2.10. The Bertz CT molecular complexity index is 275. The maximum absolute atomic E-state index is 9.03. The number of phenolic OH excluding ortho intramolecular Hbond substituents is 2. The molecule has 64 valence electrons. The van der Waals surface area contributed by atoms with Crippen molar-refractivity contribution in [3.05, 3.63) is 18.2 Å². The number of rotatable bonds is 2. The Hall–Kier alpha value is -1.40. The molecule has 1 aromatic rings. The average molecular weight is 170 g/mol. The first-order valence-electron chi connectivity index (χ1n) is 3.14. The van der Waals surface area contributed by atoms with Crippen LogP contribution in [0.5, 0.6) is 17.2 Å². The molecular formula is C6H7BO5. The fourth-order valence-electron chi connectivity index (χ4n) is 0.719. The summed E-state index contributed by atoms with van der Waals surface area (Å²) in [6.45, 7) is 0. The molecule has 4 N–H and O–H groups in total. The number of phenols is 2. The average Bonchev–Trinajstić information content (AvgIpc) is 1.94. The van der Waals surface area contributed by atoms with Gasteiger partial charge in [0.15, 0.2) is 5.75 Å². The molecule has 1 aromatic carbocycles. The summed E-state index contributed by atoms with van der Waals surface area (Å²) in [6.07, 6.45) is 0. The van der Waals surface area contributed by atoms with Crippen molar-refractivity contribution in [2.75, 3.05) is 0 Å². The largest absolute Gasteiger partial charge is 0.707 e. The molecule has 0 saturated carbocycles. The molecule has 0 aliphatic carbocycles. The lowest BCUT2D eigenvalue weighted by Gasteiger charge is -2.06. The highest BCUT2D eigenvalue weighted by molar-refractivity contribution is 6.33. The van der Waals surface area contributed by atoms with Gasteiger partial charge in [-0.3, -0.25) is 0 Å². The zero-order valence-corrected chi connectivity index (χ0v) is 6.01. The molecule has 6 heteroatoms. The highest BCUT2D eigenvalue weighted by Crippen LogP contribution is 2.29. The topological polar surface area (TPSA) is 90.2 Å². The predicted octanol–water partition coefficient (Wildman–Crippen LogP) is -0.554. The molecule has 0 fully saturated rings. The minimum absolute atomic E-state index is 0.109. The van der Waals surface area contributed by atoms with E-state index in [0.717, 1.165) is 6.07 Å². The first-order chi connectivity index (χ1) is 5.59. The van der Waals surface area contributed by atoms with Gasteiger partial charge in [-0.2, -0.15) is 0 Å². The first-order valence-corrected chi connectivity index (χ1v) is 3.14. The van der Waals surface area contributed by atoms with E-state index < -0.39 is 7.32 Å². The maximum atomic E-state index is 9.03. The van der Waals surface area contributed by atoms with Gasteiger partial charge in [0.05, 0.1) is 0 Å². The van der Waals surface area contributed by atoms with E-state index in [1.54, 1.807) is 0 Å². The van der Waals surface area contributed by atoms with Crippen LogP contribution in [0.25, 0.3) is 0 Å². The summed E-state index contributed by atoms with van der Waals surface area (Å²) in [4.78, 5) is 0. The smallest absolute Gasteiger partial charge is 0.509 e. The highest BCUT2D eigenvalue weighted by atomic mass is 16.6. The molecule has 12 heavy (non-hydrogen) atoms. The Kier molecular flexibility index (Phi) is 2.42. The lowest BCUT2D eigenvalue weighted by molar-refractivity contribution is 0.280. The summed E-state index contributed by atoms with van der Waals surface area (Å²) in [6, 6.07) is 3.49. The molecule has 0 radical (unpaired) electrons. The minimum atomic E-state index is -1.99. The monoisotopic (exact) mass is 170 g/mol. The van der Waals surface area contributed by atoms with Crippen LogP contribution in [-0.4, -0.2) is 27.6 Å². The van der Waals surface area contributed by atoms with Crippen LogP contribution in [0.2, 0.25) is 0 Å².